The summed E-state index contributed by atoms with van der Waals surface area (Å²) >= 11 is 3.32. The fraction of sp³-hybridized carbons (Fsp3) is 0.211. The number of benzene rings is 2. The van der Waals surface area contributed by atoms with Crippen LogP contribution in [0.25, 0.3) is 0 Å². The van der Waals surface area contributed by atoms with E-state index in [4.69, 9.17) is 0 Å². The minimum atomic E-state index is -0.607. The quantitative estimate of drug-likeness (QED) is 0.653. The van der Waals surface area contributed by atoms with Crippen LogP contribution in [0, 0.1) is 5.82 Å². The van der Waals surface area contributed by atoms with Gasteiger partial charge < -0.3 is 15.4 Å². The van der Waals surface area contributed by atoms with Gasteiger partial charge in [-0.3, -0.25) is 14.4 Å². The maximum atomic E-state index is 13.2. The molecule has 142 valence electrons. The van der Waals surface area contributed by atoms with Crippen molar-refractivity contribution in [2.24, 2.45) is 0 Å². The van der Waals surface area contributed by atoms with Gasteiger partial charge in [0, 0.05) is 10.0 Å². The first-order chi connectivity index (χ1) is 12.9. The van der Waals surface area contributed by atoms with Gasteiger partial charge in [0.05, 0.1) is 26.1 Å². The highest BCUT2D eigenvalue weighted by Gasteiger charge is 2.19. The lowest BCUT2D eigenvalue weighted by Gasteiger charge is -2.18. The largest absolute Gasteiger partial charge is 0.469 e. The lowest BCUT2D eigenvalue weighted by Crippen LogP contribution is -2.39. The van der Waals surface area contributed by atoms with E-state index in [1.165, 1.54) is 25.3 Å². The Bertz CT molecular complexity index is 827. The molecule has 2 rings (SSSR count). The van der Waals surface area contributed by atoms with Gasteiger partial charge in [-0.15, -0.1) is 0 Å². The van der Waals surface area contributed by atoms with Gasteiger partial charge in [-0.1, -0.05) is 34.1 Å². The Morgan fingerprint density at radius 1 is 1.15 bits per heavy atom. The summed E-state index contributed by atoms with van der Waals surface area (Å²) < 4.78 is 18.7. The van der Waals surface area contributed by atoms with Gasteiger partial charge in [-0.05, 0) is 35.9 Å². The first-order valence-electron chi connectivity index (χ1n) is 8.04. The molecule has 0 aliphatic rings. The monoisotopic (exact) mass is 436 g/mol. The standard InChI is InChI=1S/C19H18BrFN2O4/c1-27-18(25)10-16(12-5-7-14(20)8-6-12)23-17(24)11-22-19(26)13-3-2-4-15(21)9-13/h2-9,16H,10-11H2,1H3,(H,22,26)(H,23,24). The molecule has 1 atom stereocenters. The van der Waals surface area contributed by atoms with E-state index < -0.39 is 29.6 Å². The molecule has 0 heterocycles. The SMILES string of the molecule is COC(=O)CC(NC(=O)CNC(=O)c1cccc(F)c1)c1ccc(Br)cc1. The lowest BCUT2D eigenvalue weighted by molar-refractivity contribution is -0.141. The molecule has 6 nitrogen and oxygen atoms in total. The van der Waals surface area contributed by atoms with Gasteiger partial charge in [-0.2, -0.15) is 0 Å². The molecule has 2 aromatic rings. The Morgan fingerprint density at radius 2 is 1.85 bits per heavy atom. The van der Waals surface area contributed by atoms with Crippen molar-refractivity contribution in [2.75, 3.05) is 13.7 Å². The van der Waals surface area contributed by atoms with Crippen LogP contribution in [0.1, 0.15) is 28.4 Å². The maximum absolute atomic E-state index is 13.2. The number of amides is 2. The molecule has 0 saturated heterocycles. The van der Waals surface area contributed by atoms with Crippen LogP contribution >= 0.6 is 15.9 Å². The highest BCUT2D eigenvalue weighted by molar-refractivity contribution is 9.10. The van der Waals surface area contributed by atoms with Crippen molar-refractivity contribution in [3.8, 4) is 0 Å². The molecule has 0 saturated carbocycles. The second-order valence-electron chi connectivity index (χ2n) is 5.64. The van der Waals surface area contributed by atoms with Gasteiger partial charge >= 0.3 is 5.97 Å². The van der Waals surface area contributed by atoms with Crippen LogP contribution in [0.4, 0.5) is 4.39 Å². The van der Waals surface area contributed by atoms with Gasteiger partial charge in [0.2, 0.25) is 5.91 Å². The minimum Gasteiger partial charge on any atom is -0.469 e. The number of nitrogens with one attached hydrogen (secondary N) is 2. The van der Waals surface area contributed by atoms with Crippen molar-refractivity contribution in [3.05, 3.63) is 69.9 Å². The number of carbonyl (C=O) groups is 3. The molecule has 2 amide bonds. The van der Waals surface area contributed by atoms with Crippen LogP contribution in [0.3, 0.4) is 0 Å². The summed E-state index contributed by atoms with van der Waals surface area (Å²) in [7, 11) is 1.27. The average molecular weight is 437 g/mol. The van der Waals surface area contributed by atoms with Crippen LogP contribution in [-0.4, -0.2) is 31.4 Å². The van der Waals surface area contributed by atoms with Crippen LogP contribution in [-0.2, 0) is 14.3 Å². The number of hydrogen-bond donors (Lipinski definition) is 2. The van der Waals surface area contributed by atoms with E-state index in [0.717, 1.165) is 10.5 Å². The van der Waals surface area contributed by atoms with Crippen molar-refractivity contribution in [3.63, 3.8) is 0 Å². The third kappa shape index (κ3) is 6.49. The van der Waals surface area contributed by atoms with Gasteiger partial charge in [0.1, 0.15) is 5.82 Å². The second-order valence-corrected chi connectivity index (χ2v) is 6.56. The van der Waals surface area contributed by atoms with Gasteiger partial charge in [0.25, 0.3) is 5.91 Å². The zero-order valence-corrected chi connectivity index (χ0v) is 16.1. The summed E-state index contributed by atoms with van der Waals surface area (Å²) in [6.45, 7) is -0.316. The zero-order valence-electron chi connectivity index (χ0n) is 14.5. The summed E-state index contributed by atoms with van der Waals surface area (Å²) in [4.78, 5) is 35.8. The molecule has 2 N–H and O–H groups in total. The number of hydrogen-bond acceptors (Lipinski definition) is 4. The number of ether oxygens (including phenoxy) is 1. The fourth-order valence-corrected chi connectivity index (χ4v) is 2.60. The third-order valence-corrected chi connectivity index (χ3v) is 4.23. The molecular formula is C19H18BrFN2O4. The molecule has 0 radical (unpaired) electrons. The van der Waals surface area contributed by atoms with Crippen molar-refractivity contribution >= 4 is 33.7 Å². The van der Waals surface area contributed by atoms with Crippen LogP contribution in [0.15, 0.2) is 53.0 Å². The van der Waals surface area contributed by atoms with E-state index >= 15 is 0 Å². The summed E-state index contributed by atoms with van der Waals surface area (Å²) in [5.41, 5.74) is 0.829. The van der Waals surface area contributed by atoms with E-state index in [-0.39, 0.29) is 18.5 Å². The molecule has 0 aromatic heterocycles. The summed E-state index contributed by atoms with van der Waals surface area (Å²) in [6, 6.07) is 11.7. The number of carbonyl (C=O) groups excluding carboxylic acids is 3. The molecular weight excluding hydrogens is 419 g/mol. The third-order valence-electron chi connectivity index (χ3n) is 3.70. The number of halogens is 2. The first kappa shape index (κ1) is 20.6. The Hall–Kier alpha value is -2.74. The van der Waals surface area contributed by atoms with Crippen molar-refractivity contribution in [1.82, 2.24) is 10.6 Å². The summed E-state index contributed by atoms with van der Waals surface area (Å²) in [6.07, 6.45) is -0.0539. The predicted molar refractivity (Wildman–Crippen MR) is 100 cm³/mol. The van der Waals surface area contributed by atoms with E-state index in [2.05, 4.69) is 31.3 Å². The summed E-state index contributed by atoms with van der Waals surface area (Å²) in [5.74, 6) is -2.08. The van der Waals surface area contributed by atoms with E-state index in [1.807, 2.05) is 0 Å². The zero-order chi connectivity index (χ0) is 19.8. The molecule has 0 aliphatic carbocycles. The van der Waals surface area contributed by atoms with E-state index in [0.29, 0.717) is 5.56 Å². The predicted octanol–water partition coefficient (Wildman–Crippen LogP) is 2.74. The van der Waals surface area contributed by atoms with E-state index in [1.54, 1.807) is 24.3 Å². The van der Waals surface area contributed by atoms with Crippen LogP contribution in [0.5, 0.6) is 0 Å². The molecule has 2 aromatic carbocycles. The smallest absolute Gasteiger partial charge is 0.307 e. The van der Waals surface area contributed by atoms with Crippen molar-refractivity contribution in [1.29, 1.82) is 0 Å². The lowest BCUT2D eigenvalue weighted by atomic mass is 10.0. The van der Waals surface area contributed by atoms with E-state index in [9.17, 15) is 18.8 Å². The molecule has 0 fully saturated rings. The second kappa shape index (κ2) is 9.82. The van der Waals surface area contributed by atoms with Gasteiger partial charge in [-0.25, -0.2) is 4.39 Å². The molecule has 27 heavy (non-hydrogen) atoms. The van der Waals surface area contributed by atoms with Crippen molar-refractivity contribution in [2.45, 2.75) is 12.5 Å². The minimum absolute atomic E-state index is 0.0539. The highest BCUT2D eigenvalue weighted by atomic mass is 79.9. The topological polar surface area (TPSA) is 84.5 Å². The van der Waals surface area contributed by atoms with Crippen LogP contribution in [0.2, 0.25) is 0 Å². The number of esters is 1. The molecule has 1 unspecified atom stereocenters. The Balaban J connectivity index is 1.99. The van der Waals surface area contributed by atoms with Gasteiger partial charge in [0.15, 0.2) is 0 Å². The Kier molecular flexibility index (Phi) is 7.48. The van der Waals surface area contributed by atoms with Crippen LogP contribution < -0.4 is 10.6 Å². The molecule has 0 bridgehead atoms. The number of rotatable bonds is 7. The highest BCUT2D eigenvalue weighted by Crippen LogP contribution is 2.20. The normalized spacial score (nSPS) is 11.4. The maximum Gasteiger partial charge on any atom is 0.307 e. The molecule has 0 spiro atoms. The Morgan fingerprint density at radius 3 is 2.48 bits per heavy atom. The fourth-order valence-electron chi connectivity index (χ4n) is 2.34. The molecule has 8 heteroatoms. The first-order valence-corrected chi connectivity index (χ1v) is 8.83. The Labute approximate surface area is 164 Å². The summed E-state index contributed by atoms with van der Waals surface area (Å²) in [5, 5.41) is 5.11. The molecule has 0 aliphatic heterocycles. The average Bonchev–Trinajstić information content (AvgIpc) is 2.66. The van der Waals surface area contributed by atoms with Crippen molar-refractivity contribution < 1.29 is 23.5 Å². The number of methoxy groups -OCH3 is 1.